The minimum atomic E-state index is 0.797. The Bertz CT molecular complexity index is 412. The lowest BCUT2D eigenvalue weighted by atomic mass is 10.3. The minimum absolute atomic E-state index is 0.797. The molecular weight excluding hydrogens is 190 g/mol. The fourth-order valence-corrected chi connectivity index (χ4v) is 1.32. The topological polar surface area (TPSA) is 51.0 Å². The second-order valence-corrected chi connectivity index (χ2v) is 3.37. The summed E-state index contributed by atoms with van der Waals surface area (Å²) in [5.74, 6) is 1.78. The summed E-state index contributed by atoms with van der Waals surface area (Å²) in [6.07, 6.45) is 4.27. The Morgan fingerprint density at radius 1 is 1.47 bits per heavy atom. The molecular formula is C11H13N3O. The maximum atomic E-state index is 5.22. The molecule has 0 fully saturated rings. The molecule has 0 amide bonds. The molecule has 2 rings (SSSR count). The van der Waals surface area contributed by atoms with Gasteiger partial charge in [0, 0.05) is 13.0 Å². The summed E-state index contributed by atoms with van der Waals surface area (Å²) in [6, 6.07) is 5.82. The SMILES string of the molecule is Cc1cnnc(NCCc2ccco2)c1. The number of aromatic nitrogens is 2. The highest BCUT2D eigenvalue weighted by Crippen LogP contribution is 2.05. The van der Waals surface area contributed by atoms with Gasteiger partial charge in [-0.1, -0.05) is 0 Å². The molecule has 0 aliphatic heterocycles. The molecule has 15 heavy (non-hydrogen) atoms. The van der Waals surface area contributed by atoms with Crippen molar-refractivity contribution in [2.24, 2.45) is 0 Å². The molecule has 2 heterocycles. The van der Waals surface area contributed by atoms with Gasteiger partial charge in [0.1, 0.15) is 11.6 Å². The molecule has 0 aromatic carbocycles. The summed E-state index contributed by atoms with van der Waals surface area (Å²) in [4.78, 5) is 0. The van der Waals surface area contributed by atoms with E-state index in [1.54, 1.807) is 12.5 Å². The molecule has 4 nitrogen and oxygen atoms in total. The zero-order chi connectivity index (χ0) is 10.5. The predicted molar refractivity (Wildman–Crippen MR) is 57.7 cm³/mol. The number of rotatable bonds is 4. The summed E-state index contributed by atoms with van der Waals surface area (Å²) in [7, 11) is 0. The maximum absolute atomic E-state index is 5.22. The third kappa shape index (κ3) is 2.80. The first-order valence-corrected chi connectivity index (χ1v) is 4.90. The summed E-state index contributed by atoms with van der Waals surface area (Å²) in [5.41, 5.74) is 1.10. The Morgan fingerprint density at radius 3 is 3.13 bits per heavy atom. The summed E-state index contributed by atoms with van der Waals surface area (Å²) >= 11 is 0. The van der Waals surface area contributed by atoms with Gasteiger partial charge in [0.15, 0.2) is 0 Å². The molecule has 0 aliphatic carbocycles. The zero-order valence-corrected chi connectivity index (χ0v) is 8.60. The number of furan rings is 1. The van der Waals surface area contributed by atoms with Gasteiger partial charge in [-0.2, -0.15) is 5.10 Å². The number of aryl methyl sites for hydroxylation is 1. The lowest BCUT2D eigenvalue weighted by Gasteiger charge is -2.03. The van der Waals surface area contributed by atoms with Crippen LogP contribution in [-0.4, -0.2) is 16.7 Å². The number of nitrogens with one attached hydrogen (secondary N) is 1. The smallest absolute Gasteiger partial charge is 0.148 e. The van der Waals surface area contributed by atoms with Gasteiger partial charge in [0.05, 0.1) is 12.5 Å². The van der Waals surface area contributed by atoms with Crippen LogP contribution in [0.2, 0.25) is 0 Å². The van der Waals surface area contributed by atoms with E-state index in [9.17, 15) is 0 Å². The predicted octanol–water partition coefficient (Wildman–Crippen LogP) is 2.03. The lowest BCUT2D eigenvalue weighted by molar-refractivity contribution is 0.513. The minimum Gasteiger partial charge on any atom is -0.469 e. The van der Waals surface area contributed by atoms with Crippen molar-refractivity contribution in [3.8, 4) is 0 Å². The molecule has 78 valence electrons. The van der Waals surface area contributed by atoms with Crippen molar-refractivity contribution in [3.63, 3.8) is 0 Å². The highest BCUT2D eigenvalue weighted by molar-refractivity contribution is 5.34. The number of anilines is 1. The molecule has 0 unspecified atom stereocenters. The summed E-state index contributed by atoms with van der Waals surface area (Å²) < 4.78 is 5.22. The Hall–Kier alpha value is -1.84. The van der Waals surface area contributed by atoms with Gasteiger partial charge in [-0.25, -0.2) is 0 Å². The van der Waals surface area contributed by atoms with Crippen molar-refractivity contribution >= 4 is 5.82 Å². The van der Waals surface area contributed by atoms with E-state index in [0.717, 1.165) is 30.1 Å². The van der Waals surface area contributed by atoms with Gasteiger partial charge >= 0.3 is 0 Å². The standard InChI is InChI=1S/C11H13N3O/c1-9-7-11(14-13-8-9)12-5-4-10-3-2-6-15-10/h2-3,6-8H,4-5H2,1H3,(H,12,14). The molecule has 0 radical (unpaired) electrons. The van der Waals surface area contributed by atoms with E-state index in [1.807, 2.05) is 25.1 Å². The Morgan fingerprint density at radius 2 is 2.40 bits per heavy atom. The monoisotopic (exact) mass is 203 g/mol. The highest BCUT2D eigenvalue weighted by Gasteiger charge is 1.97. The van der Waals surface area contributed by atoms with E-state index in [1.165, 1.54) is 0 Å². The van der Waals surface area contributed by atoms with E-state index in [0.29, 0.717) is 0 Å². The van der Waals surface area contributed by atoms with Crippen LogP contribution in [0, 0.1) is 6.92 Å². The van der Waals surface area contributed by atoms with Gasteiger partial charge in [-0.3, -0.25) is 0 Å². The van der Waals surface area contributed by atoms with Crippen LogP contribution in [0.3, 0.4) is 0 Å². The Labute approximate surface area is 88.3 Å². The van der Waals surface area contributed by atoms with Crippen LogP contribution in [0.1, 0.15) is 11.3 Å². The summed E-state index contributed by atoms with van der Waals surface area (Å²) in [6.45, 7) is 2.79. The molecule has 0 saturated carbocycles. The molecule has 1 N–H and O–H groups in total. The average Bonchev–Trinajstić information content (AvgIpc) is 2.71. The van der Waals surface area contributed by atoms with Gasteiger partial charge < -0.3 is 9.73 Å². The van der Waals surface area contributed by atoms with Crippen LogP contribution < -0.4 is 5.32 Å². The van der Waals surface area contributed by atoms with Gasteiger partial charge in [0.25, 0.3) is 0 Å². The normalized spacial score (nSPS) is 10.2. The van der Waals surface area contributed by atoms with Crippen LogP contribution in [0.25, 0.3) is 0 Å². The van der Waals surface area contributed by atoms with Crippen molar-refractivity contribution in [1.29, 1.82) is 0 Å². The first kappa shape index (κ1) is 9.71. The van der Waals surface area contributed by atoms with Crippen molar-refractivity contribution in [2.45, 2.75) is 13.3 Å². The summed E-state index contributed by atoms with van der Waals surface area (Å²) in [5, 5.41) is 11.0. The molecule has 0 bridgehead atoms. The van der Waals surface area contributed by atoms with Crippen LogP contribution in [0.15, 0.2) is 35.1 Å². The van der Waals surface area contributed by atoms with E-state index in [2.05, 4.69) is 15.5 Å². The van der Waals surface area contributed by atoms with Crippen molar-refractivity contribution in [2.75, 3.05) is 11.9 Å². The molecule has 2 aromatic heterocycles. The van der Waals surface area contributed by atoms with E-state index >= 15 is 0 Å². The fourth-order valence-electron chi connectivity index (χ4n) is 1.32. The average molecular weight is 203 g/mol. The quantitative estimate of drug-likeness (QED) is 0.826. The van der Waals surface area contributed by atoms with E-state index in [4.69, 9.17) is 4.42 Å². The van der Waals surface area contributed by atoms with E-state index < -0.39 is 0 Å². The van der Waals surface area contributed by atoms with Gasteiger partial charge in [-0.15, -0.1) is 5.10 Å². The Balaban J connectivity index is 1.83. The fraction of sp³-hybridized carbons (Fsp3) is 0.273. The third-order valence-electron chi connectivity index (χ3n) is 2.05. The van der Waals surface area contributed by atoms with Gasteiger partial charge in [-0.05, 0) is 30.7 Å². The first-order valence-electron chi connectivity index (χ1n) is 4.90. The molecule has 0 spiro atoms. The number of hydrogen-bond acceptors (Lipinski definition) is 4. The largest absolute Gasteiger partial charge is 0.469 e. The van der Waals surface area contributed by atoms with Crippen molar-refractivity contribution in [1.82, 2.24) is 10.2 Å². The highest BCUT2D eigenvalue weighted by atomic mass is 16.3. The molecule has 0 atom stereocenters. The number of hydrogen-bond donors (Lipinski definition) is 1. The van der Waals surface area contributed by atoms with E-state index in [-0.39, 0.29) is 0 Å². The second kappa shape index (κ2) is 4.59. The number of nitrogens with zero attached hydrogens (tertiary/aromatic N) is 2. The first-order chi connectivity index (χ1) is 7.34. The van der Waals surface area contributed by atoms with Crippen LogP contribution >= 0.6 is 0 Å². The molecule has 2 aromatic rings. The maximum Gasteiger partial charge on any atom is 0.148 e. The van der Waals surface area contributed by atoms with Crippen molar-refractivity contribution < 1.29 is 4.42 Å². The third-order valence-corrected chi connectivity index (χ3v) is 2.05. The molecule has 0 aliphatic rings. The van der Waals surface area contributed by atoms with Crippen LogP contribution in [0.4, 0.5) is 5.82 Å². The zero-order valence-electron chi connectivity index (χ0n) is 8.60. The van der Waals surface area contributed by atoms with Crippen molar-refractivity contribution in [3.05, 3.63) is 42.0 Å². The Kier molecular flexibility index (Phi) is 2.97. The van der Waals surface area contributed by atoms with Crippen LogP contribution in [0.5, 0.6) is 0 Å². The van der Waals surface area contributed by atoms with Gasteiger partial charge in [0.2, 0.25) is 0 Å². The van der Waals surface area contributed by atoms with Crippen LogP contribution in [-0.2, 0) is 6.42 Å². The second-order valence-electron chi connectivity index (χ2n) is 3.37. The molecule has 4 heteroatoms. The molecule has 0 saturated heterocycles. The lowest BCUT2D eigenvalue weighted by Crippen LogP contribution is -2.06.